The molecule has 1 aliphatic carbocycles. The maximum atomic E-state index is 12.6. The van der Waals surface area contributed by atoms with E-state index in [1.807, 2.05) is 0 Å². The zero-order valence-corrected chi connectivity index (χ0v) is 26.8. The molecule has 250 valence electrons. The Balaban J connectivity index is 0.000000305. The molecule has 4 rings (SSSR count). The summed E-state index contributed by atoms with van der Waals surface area (Å²) >= 11 is 1.65. The molecule has 14 nitrogen and oxygen atoms in total. The number of carboxylic acid groups (broad SMARTS) is 2. The average Bonchev–Trinajstić information content (AvgIpc) is 3.42. The van der Waals surface area contributed by atoms with Crippen LogP contribution >= 0.6 is 11.3 Å². The first-order valence-electron chi connectivity index (χ1n) is 14.1. The zero-order valence-electron chi connectivity index (χ0n) is 25.1. The summed E-state index contributed by atoms with van der Waals surface area (Å²) in [5, 5.41) is 44.1. The van der Waals surface area contributed by atoms with Crippen LogP contribution in [0.1, 0.15) is 58.0 Å². The van der Waals surface area contributed by atoms with Gasteiger partial charge in [-0.3, -0.25) is 14.1 Å². The molecule has 46 heavy (non-hydrogen) atoms. The number of thiazole rings is 1. The fourth-order valence-corrected chi connectivity index (χ4v) is 5.31. The Morgan fingerprint density at radius 1 is 0.913 bits per heavy atom. The molecule has 16 heteroatoms. The number of aliphatic carboxylic acids is 2. The maximum Gasteiger partial charge on any atom is 0.348 e. The maximum absolute atomic E-state index is 12.6. The summed E-state index contributed by atoms with van der Waals surface area (Å²) in [4.78, 5) is 54.3. The van der Waals surface area contributed by atoms with E-state index in [1.165, 1.54) is 66.7 Å². The van der Waals surface area contributed by atoms with E-state index in [1.54, 1.807) is 11.3 Å². The van der Waals surface area contributed by atoms with Crippen LogP contribution in [0.15, 0.2) is 60.7 Å². The fraction of sp³-hybridized carbons (Fsp3) is 0.367. The van der Waals surface area contributed by atoms with Crippen molar-refractivity contribution < 1.29 is 52.6 Å². The number of aromatic nitrogens is 1. The molecule has 1 aliphatic rings. The largest absolute Gasteiger partial charge is 0.479 e. The van der Waals surface area contributed by atoms with Crippen LogP contribution in [-0.2, 0) is 32.5 Å². The van der Waals surface area contributed by atoms with Gasteiger partial charge in [0.15, 0.2) is 5.13 Å². The number of ketones is 2. The quantitative estimate of drug-likeness (QED) is 0.0868. The van der Waals surface area contributed by atoms with Crippen LogP contribution < -0.4 is 11.1 Å². The van der Waals surface area contributed by atoms with E-state index < -0.39 is 56.0 Å². The highest BCUT2D eigenvalue weighted by molar-refractivity contribution is 7.85. The molecule has 8 N–H and O–H groups in total. The number of anilines is 1. The van der Waals surface area contributed by atoms with Gasteiger partial charge in [-0.15, -0.1) is 11.3 Å². The third-order valence-electron chi connectivity index (χ3n) is 6.88. The number of carbonyl (C=O) groups is 4. The summed E-state index contributed by atoms with van der Waals surface area (Å²) in [6, 6.07) is 13.5. The first-order valence-corrected chi connectivity index (χ1v) is 16.5. The molecule has 3 aromatic rings. The lowest BCUT2D eigenvalue weighted by atomic mass is 9.73. The van der Waals surface area contributed by atoms with Crippen LogP contribution in [0.3, 0.4) is 0 Å². The second kappa shape index (κ2) is 16.5. The number of nitrogens with zero attached hydrogens (tertiary/aromatic N) is 1. The molecule has 0 saturated heterocycles. The summed E-state index contributed by atoms with van der Waals surface area (Å²) in [6.07, 6.45) is 4.61. The van der Waals surface area contributed by atoms with Crippen LogP contribution in [-0.4, -0.2) is 91.4 Å². The number of hydrogen-bond acceptors (Lipinski definition) is 12. The summed E-state index contributed by atoms with van der Waals surface area (Å²) in [6.45, 7) is 4.69. The number of aryl methyl sites for hydroxylation is 1. The number of rotatable bonds is 11. The van der Waals surface area contributed by atoms with E-state index in [-0.39, 0.29) is 5.75 Å². The molecular formula is C30H37N3O11S2. The van der Waals surface area contributed by atoms with E-state index in [9.17, 15) is 48.0 Å². The molecule has 1 aromatic heterocycles. The van der Waals surface area contributed by atoms with Crippen molar-refractivity contribution in [3.63, 3.8) is 0 Å². The highest BCUT2D eigenvalue weighted by Gasteiger charge is 2.69. The lowest BCUT2D eigenvalue weighted by Crippen LogP contribution is -2.71. The highest BCUT2D eigenvalue weighted by Crippen LogP contribution is 2.32. The van der Waals surface area contributed by atoms with E-state index in [4.69, 9.17) is 10.3 Å². The van der Waals surface area contributed by atoms with Gasteiger partial charge in [-0.25, -0.2) is 14.6 Å². The molecule has 3 unspecified atom stereocenters. The molecule has 0 fully saturated rings. The van der Waals surface area contributed by atoms with E-state index in [0.717, 1.165) is 48.8 Å². The number of nitrogen functional groups attached to an aromatic ring is 1. The number of Topliss-reactive ketones (excluding diaryl/α,β-unsaturated/α-hetero) is 2. The molecule has 2 aromatic carbocycles. The number of hydrogen-bond donors (Lipinski definition) is 7. The lowest BCUT2D eigenvalue weighted by molar-refractivity contribution is -0.187. The Hall–Kier alpha value is -4.06. The molecule has 0 bridgehead atoms. The zero-order chi connectivity index (χ0) is 34.7. The predicted octanol–water partition coefficient (Wildman–Crippen LogP) is 1.86. The van der Waals surface area contributed by atoms with Gasteiger partial charge in [0, 0.05) is 22.0 Å². The summed E-state index contributed by atoms with van der Waals surface area (Å²) in [7, 11) is -3.66. The molecule has 0 radical (unpaired) electrons. The molecule has 0 spiro atoms. The third-order valence-corrected chi connectivity index (χ3v) is 8.55. The van der Waals surface area contributed by atoms with Gasteiger partial charge in [-0.2, -0.15) is 8.42 Å². The SMILES string of the molecule is CCCNC1CCc2nc(N)sc2C1.CCS(=O)(=O)O.O=C(O)C(O)(C(=O)c1ccccc1)C(O)(C(=O)O)C(=O)c1ccccc1. The second-order valence-electron chi connectivity index (χ2n) is 10.1. The van der Waals surface area contributed by atoms with Crippen molar-refractivity contribution >= 4 is 50.1 Å². The Morgan fingerprint density at radius 2 is 1.35 bits per heavy atom. The van der Waals surface area contributed by atoms with Crippen LogP contribution in [0, 0.1) is 0 Å². The predicted molar refractivity (Wildman–Crippen MR) is 169 cm³/mol. The lowest BCUT2D eigenvalue weighted by Gasteiger charge is -2.34. The normalized spacial score (nSPS) is 16.5. The minimum atomic E-state index is -3.95. The van der Waals surface area contributed by atoms with Crippen LogP contribution in [0.25, 0.3) is 0 Å². The van der Waals surface area contributed by atoms with Crippen molar-refractivity contribution in [3.8, 4) is 0 Å². The van der Waals surface area contributed by atoms with Crippen LogP contribution in [0.2, 0.25) is 0 Å². The number of benzene rings is 2. The standard InChI is InChI=1S/C18H14O8.C10H17N3S.C2H6O3S/c19-13(11-7-3-1-4-8-11)17(25,15(21)22)18(26,16(23)24)14(20)12-9-5-2-6-10-12;1-2-5-12-7-3-4-8-9(6-7)14-10(11)13-8;1-2-6(3,4)5/h1-10,25-26H,(H,21,22)(H,23,24);7,12H,2-6H2,1H3,(H2,11,13);2H2,1H3,(H,3,4,5). The van der Waals surface area contributed by atoms with E-state index >= 15 is 0 Å². The smallest absolute Gasteiger partial charge is 0.348 e. The van der Waals surface area contributed by atoms with Crippen molar-refractivity contribution in [3.05, 3.63) is 82.4 Å². The third kappa shape index (κ3) is 9.24. The van der Waals surface area contributed by atoms with Crippen molar-refractivity contribution in [1.82, 2.24) is 10.3 Å². The number of nitrogens with two attached hydrogens (primary N) is 1. The number of aliphatic hydroxyl groups is 2. The van der Waals surface area contributed by atoms with Gasteiger partial charge in [0.25, 0.3) is 21.3 Å². The number of carboxylic acids is 2. The Morgan fingerprint density at radius 3 is 1.72 bits per heavy atom. The minimum absolute atomic E-state index is 0.201. The molecule has 0 saturated carbocycles. The van der Waals surface area contributed by atoms with Gasteiger partial charge >= 0.3 is 11.9 Å². The van der Waals surface area contributed by atoms with Crippen LogP contribution in [0.5, 0.6) is 0 Å². The first kappa shape index (κ1) is 38.1. The molecule has 3 atom stereocenters. The van der Waals surface area contributed by atoms with Gasteiger partial charge in [0.2, 0.25) is 11.6 Å². The fourth-order valence-electron chi connectivity index (χ4n) is 4.35. The van der Waals surface area contributed by atoms with Gasteiger partial charge in [-0.05, 0) is 39.2 Å². The van der Waals surface area contributed by atoms with E-state index in [0.29, 0.717) is 6.04 Å². The Labute approximate surface area is 269 Å². The van der Waals surface area contributed by atoms with Crippen molar-refractivity contribution in [2.45, 2.75) is 56.8 Å². The van der Waals surface area contributed by atoms with Crippen molar-refractivity contribution in [2.24, 2.45) is 0 Å². The number of carbonyl (C=O) groups excluding carboxylic acids is 2. The van der Waals surface area contributed by atoms with E-state index in [2.05, 4.69) is 17.2 Å². The molecule has 0 amide bonds. The topological polar surface area (TPSA) is 255 Å². The summed E-state index contributed by atoms with van der Waals surface area (Å²) < 4.78 is 26.9. The summed E-state index contributed by atoms with van der Waals surface area (Å²) in [5.41, 5.74) is -1.76. The van der Waals surface area contributed by atoms with Gasteiger partial charge in [0.05, 0.1) is 11.4 Å². The van der Waals surface area contributed by atoms with Crippen LogP contribution in [0.4, 0.5) is 5.13 Å². The molecule has 0 aliphatic heterocycles. The van der Waals surface area contributed by atoms with Gasteiger partial charge < -0.3 is 31.5 Å². The number of nitrogens with one attached hydrogen (secondary N) is 1. The molecule has 1 heterocycles. The first-order chi connectivity index (χ1) is 21.5. The highest BCUT2D eigenvalue weighted by atomic mass is 32.2. The Kier molecular flexibility index (Phi) is 13.7. The van der Waals surface area contributed by atoms with Gasteiger partial charge in [-0.1, -0.05) is 67.6 Å². The minimum Gasteiger partial charge on any atom is -0.479 e. The Bertz CT molecular complexity index is 1540. The van der Waals surface area contributed by atoms with Crippen molar-refractivity contribution in [1.29, 1.82) is 0 Å². The van der Waals surface area contributed by atoms with Crippen molar-refractivity contribution in [2.75, 3.05) is 18.0 Å². The molecular weight excluding hydrogens is 642 g/mol. The number of fused-ring (bicyclic) bond motifs is 1. The monoisotopic (exact) mass is 679 g/mol. The van der Waals surface area contributed by atoms with Gasteiger partial charge in [0.1, 0.15) is 0 Å². The summed E-state index contributed by atoms with van der Waals surface area (Å²) in [5.74, 6) is -8.23. The average molecular weight is 680 g/mol. The second-order valence-corrected chi connectivity index (χ2v) is 13.0.